The fourth-order valence-corrected chi connectivity index (χ4v) is 3.48. The molecule has 7 nitrogen and oxygen atoms in total. The maximum Gasteiger partial charge on any atom is 0.319 e. The molecule has 152 valence electrons. The Morgan fingerprint density at radius 1 is 1.10 bits per heavy atom. The fraction of sp³-hybridized carbons (Fsp3) is 0.136. The summed E-state index contributed by atoms with van der Waals surface area (Å²) in [5.41, 5.74) is 5.47. The van der Waals surface area contributed by atoms with Gasteiger partial charge in [-0.25, -0.2) is 9.78 Å². The van der Waals surface area contributed by atoms with Crippen LogP contribution in [0.3, 0.4) is 0 Å². The van der Waals surface area contributed by atoms with Crippen molar-refractivity contribution in [1.82, 2.24) is 20.1 Å². The summed E-state index contributed by atoms with van der Waals surface area (Å²) in [6, 6.07) is 16.9. The van der Waals surface area contributed by atoms with E-state index in [1.165, 1.54) is 11.3 Å². The largest absolute Gasteiger partial charge is 0.487 e. The lowest BCUT2D eigenvalue weighted by Gasteiger charge is -2.12. The standard InChI is InChI=1S/C22H21N5O2S/c28-22(23-12-17-5-1-2-6-18(17)13-27-10-4-9-25-27)26-19-7-3-8-21(11-19)29-14-20-15-30-16-24-20/h1-11,15-16H,12-14H2,(H2,23,26,28). The van der Waals surface area contributed by atoms with Gasteiger partial charge in [0.05, 0.1) is 17.7 Å². The Morgan fingerprint density at radius 2 is 2.00 bits per heavy atom. The Bertz CT molecular complexity index is 1080. The second-order valence-electron chi connectivity index (χ2n) is 6.58. The maximum absolute atomic E-state index is 12.4. The second-order valence-corrected chi connectivity index (χ2v) is 7.30. The highest BCUT2D eigenvalue weighted by Crippen LogP contribution is 2.19. The molecule has 2 heterocycles. The van der Waals surface area contributed by atoms with Crippen molar-refractivity contribution in [2.45, 2.75) is 19.7 Å². The van der Waals surface area contributed by atoms with Gasteiger partial charge in [-0.2, -0.15) is 5.10 Å². The van der Waals surface area contributed by atoms with Crippen molar-refractivity contribution >= 4 is 23.1 Å². The van der Waals surface area contributed by atoms with Crippen LogP contribution in [0.1, 0.15) is 16.8 Å². The molecule has 0 atom stereocenters. The number of urea groups is 1. The van der Waals surface area contributed by atoms with E-state index in [9.17, 15) is 4.79 Å². The summed E-state index contributed by atoms with van der Waals surface area (Å²) in [5, 5.41) is 12.0. The number of benzene rings is 2. The SMILES string of the molecule is O=C(NCc1ccccc1Cn1cccn1)Nc1cccc(OCc2cscn2)c1. The van der Waals surface area contributed by atoms with Crippen LogP contribution >= 0.6 is 11.3 Å². The number of aromatic nitrogens is 3. The summed E-state index contributed by atoms with van der Waals surface area (Å²) in [6.45, 7) is 1.47. The Balaban J connectivity index is 1.31. The molecule has 0 bridgehead atoms. The normalized spacial score (nSPS) is 10.5. The summed E-state index contributed by atoms with van der Waals surface area (Å²) < 4.78 is 7.59. The summed E-state index contributed by atoms with van der Waals surface area (Å²) >= 11 is 1.53. The molecule has 0 fully saturated rings. The van der Waals surface area contributed by atoms with Crippen molar-refractivity contribution in [2.75, 3.05) is 5.32 Å². The highest BCUT2D eigenvalue weighted by molar-refractivity contribution is 7.07. The number of ether oxygens (including phenoxy) is 1. The first-order chi connectivity index (χ1) is 14.8. The average molecular weight is 420 g/mol. The number of rotatable bonds is 8. The number of carbonyl (C=O) groups is 1. The molecule has 0 spiro atoms. The van der Waals surface area contributed by atoms with Crippen molar-refractivity contribution in [3.8, 4) is 5.75 Å². The minimum Gasteiger partial charge on any atom is -0.487 e. The molecule has 2 aromatic carbocycles. The highest BCUT2D eigenvalue weighted by atomic mass is 32.1. The van der Waals surface area contributed by atoms with Crippen LogP contribution in [0.4, 0.5) is 10.5 Å². The van der Waals surface area contributed by atoms with Crippen LogP contribution in [-0.4, -0.2) is 20.8 Å². The van der Waals surface area contributed by atoms with Gasteiger partial charge in [-0.05, 0) is 29.3 Å². The van der Waals surface area contributed by atoms with Gasteiger partial charge in [0.2, 0.25) is 0 Å². The lowest BCUT2D eigenvalue weighted by molar-refractivity contribution is 0.251. The molecule has 4 aromatic rings. The van der Waals surface area contributed by atoms with Gasteiger partial charge in [-0.1, -0.05) is 30.3 Å². The number of carbonyl (C=O) groups excluding carboxylic acids is 1. The van der Waals surface area contributed by atoms with Gasteiger partial charge < -0.3 is 15.4 Å². The van der Waals surface area contributed by atoms with Crippen molar-refractivity contribution in [1.29, 1.82) is 0 Å². The van der Waals surface area contributed by atoms with E-state index < -0.39 is 0 Å². The second kappa shape index (κ2) is 9.71. The number of thiazole rings is 1. The third kappa shape index (κ3) is 5.45. The van der Waals surface area contributed by atoms with Gasteiger partial charge in [0.1, 0.15) is 12.4 Å². The first-order valence-electron chi connectivity index (χ1n) is 9.45. The number of hydrogen-bond acceptors (Lipinski definition) is 5. The summed E-state index contributed by atoms with van der Waals surface area (Å²) in [7, 11) is 0. The Labute approximate surface area is 178 Å². The van der Waals surface area contributed by atoms with Crippen molar-refractivity contribution in [2.24, 2.45) is 0 Å². The molecule has 8 heteroatoms. The third-order valence-corrected chi connectivity index (χ3v) is 5.05. The van der Waals surface area contributed by atoms with Gasteiger partial charge in [-0.3, -0.25) is 4.68 Å². The Morgan fingerprint density at radius 3 is 2.80 bits per heavy atom. The van der Waals surface area contributed by atoms with Crippen molar-refractivity contribution in [3.63, 3.8) is 0 Å². The number of hydrogen-bond donors (Lipinski definition) is 2. The molecular formula is C22H21N5O2S. The third-order valence-electron chi connectivity index (χ3n) is 4.41. The lowest BCUT2D eigenvalue weighted by Crippen LogP contribution is -2.28. The van der Waals surface area contributed by atoms with Gasteiger partial charge in [0.25, 0.3) is 0 Å². The lowest BCUT2D eigenvalue weighted by atomic mass is 10.1. The highest BCUT2D eigenvalue weighted by Gasteiger charge is 2.07. The first-order valence-corrected chi connectivity index (χ1v) is 10.4. The van der Waals surface area contributed by atoms with Crippen LogP contribution in [0, 0.1) is 0 Å². The topological polar surface area (TPSA) is 81.1 Å². The molecule has 2 N–H and O–H groups in total. The van der Waals surface area contributed by atoms with Crippen LogP contribution < -0.4 is 15.4 Å². The fourth-order valence-electron chi connectivity index (χ4n) is 2.93. The molecular weight excluding hydrogens is 398 g/mol. The van der Waals surface area contributed by atoms with Crippen LogP contribution in [0.5, 0.6) is 5.75 Å². The van der Waals surface area contributed by atoms with E-state index in [0.29, 0.717) is 31.1 Å². The van der Waals surface area contributed by atoms with Crippen LogP contribution in [0.15, 0.2) is 77.9 Å². The minimum absolute atomic E-state index is 0.277. The molecule has 0 saturated heterocycles. The average Bonchev–Trinajstić information content (AvgIpc) is 3.46. The van der Waals surface area contributed by atoms with Gasteiger partial charge >= 0.3 is 6.03 Å². The predicted octanol–water partition coefficient (Wildman–Crippen LogP) is 4.29. The molecule has 2 aromatic heterocycles. The first kappa shape index (κ1) is 19.7. The van der Waals surface area contributed by atoms with E-state index in [1.807, 2.05) is 64.8 Å². The number of amides is 2. The molecule has 0 saturated carbocycles. The zero-order chi connectivity index (χ0) is 20.6. The van der Waals surface area contributed by atoms with E-state index in [1.54, 1.807) is 17.8 Å². The van der Waals surface area contributed by atoms with Crippen molar-refractivity contribution < 1.29 is 9.53 Å². The quantitative estimate of drug-likeness (QED) is 0.446. The molecule has 30 heavy (non-hydrogen) atoms. The molecule has 0 aliphatic heterocycles. The zero-order valence-electron chi connectivity index (χ0n) is 16.2. The number of nitrogens with zero attached hydrogens (tertiary/aromatic N) is 3. The number of nitrogens with one attached hydrogen (secondary N) is 2. The van der Waals surface area contributed by atoms with Crippen LogP contribution in [0.2, 0.25) is 0 Å². The van der Waals surface area contributed by atoms with Crippen LogP contribution in [0.25, 0.3) is 0 Å². The van der Waals surface area contributed by atoms with E-state index in [4.69, 9.17) is 4.74 Å². The molecule has 0 aliphatic carbocycles. The Kier molecular flexibility index (Phi) is 6.36. The summed E-state index contributed by atoms with van der Waals surface area (Å²) in [6.07, 6.45) is 3.67. The van der Waals surface area contributed by atoms with Crippen molar-refractivity contribution in [3.05, 3.63) is 94.7 Å². The molecule has 4 rings (SSSR count). The Hall–Kier alpha value is -3.65. The number of anilines is 1. The maximum atomic E-state index is 12.4. The van der Waals surface area contributed by atoms with E-state index in [0.717, 1.165) is 16.8 Å². The van der Waals surface area contributed by atoms with Gasteiger partial charge in [0.15, 0.2) is 0 Å². The molecule has 0 unspecified atom stereocenters. The molecule has 0 aliphatic rings. The molecule has 2 amide bonds. The monoisotopic (exact) mass is 419 g/mol. The van der Waals surface area contributed by atoms with E-state index >= 15 is 0 Å². The van der Waals surface area contributed by atoms with E-state index in [-0.39, 0.29) is 6.03 Å². The summed E-state index contributed by atoms with van der Waals surface area (Å²) in [4.78, 5) is 16.6. The van der Waals surface area contributed by atoms with Gasteiger partial charge in [-0.15, -0.1) is 11.3 Å². The minimum atomic E-state index is -0.277. The predicted molar refractivity (Wildman–Crippen MR) is 117 cm³/mol. The zero-order valence-corrected chi connectivity index (χ0v) is 17.0. The van der Waals surface area contributed by atoms with Gasteiger partial charge in [0, 0.05) is 36.1 Å². The van der Waals surface area contributed by atoms with Crippen LogP contribution in [-0.2, 0) is 19.7 Å². The summed E-state index contributed by atoms with van der Waals surface area (Å²) in [5.74, 6) is 0.672. The van der Waals surface area contributed by atoms with E-state index in [2.05, 4.69) is 20.7 Å². The molecule has 0 radical (unpaired) electrons. The smallest absolute Gasteiger partial charge is 0.319 e.